The number of carbonyl (C=O) groups excluding carboxylic acids is 1. The quantitative estimate of drug-likeness (QED) is 0.721. The van der Waals surface area contributed by atoms with Crippen molar-refractivity contribution in [2.45, 2.75) is 50.9 Å². The second-order valence-corrected chi connectivity index (χ2v) is 5.97. The number of hydrogen-bond donors (Lipinski definition) is 2. The molecular weight excluding hydrogens is 220 g/mol. The lowest BCUT2D eigenvalue weighted by atomic mass is 9.85. The minimum atomic E-state index is -0.440. The van der Waals surface area contributed by atoms with Gasteiger partial charge in [-0.1, -0.05) is 0 Å². The summed E-state index contributed by atoms with van der Waals surface area (Å²) in [6.45, 7) is 8.09. The van der Waals surface area contributed by atoms with Crippen molar-refractivity contribution >= 4 is 6.09 Å². The predicted molar refractivity (Wildman–Crippen MR) is 63.9 cm³/mol. The third-order valence-corrected chi connectivity index (χ3v) is 3.11. The highest BCUT2D eigenvalue weighted by molar-refractivity contribution is 5.68. The third-order valence-electron chi connectivity index (χ3n) is 3.11. The summed E-state index contributed by atoms with van der Waals surface area (Å²) in [5.74, 6) is 0. The van der Waals surface area contributed by atoms with E-state index in [0.29, 0.717) is 6.61 Å². The highest BCUT2D eigenvalue weighted by Gasteiger charge is 2.43. The SMILES string of the molecule is CC(C)(C)OC(=O)NC1CCOC2(CNC2)C1. The Bertz CT molecular complexity index is 295. The lowest BCUT2D eigenvalue weighted by molar-refractivity contribution is -0.118. The fourth-order valence-electron chi connectivity index (χ4n) is 2.28. The second-order valence-electron chi connectivity index (χ2n) is 5.97. The molecule has 0 saturated carbocycles. The first-order chi connectivity index (χ1) is 7.89. The third kappa shape index (κ3) is 3.33. The van der Waals surface area contributed by atoms with Gasteiger partial charge in [-0.25, -0.2) is 4.79 Å². The number of ether oxygens (including phenoxy) is 2. The molecular formula is C12H22N2O3. The summed E-state index contributed by atoms with van der Waals surface area (Å²) in [7, 11) is 0. The zero-order valence-corrected chi connectivity index (χ0v) is 10.8. The van der Waals surface area contributed by atoms with Crippen LogP contribution < -0.4 is 10.6 Å². The van der Waals surface area contributed by atoms with Gasteiger partial charge in [0, 0.05) is 25.7 Å². The average Bonchev–Trinajstić information content (AvgIpc) is 2.12. The van der Waals surface area contributed by atoms with Crippen LogP contribution in [0.3, 0.4) is 0 Å². The van der Waals surface area contributed by atoms with Gasteiger partial charge < -0.3 is 20.1 Å². The van der Waals surface area contributed by atoms with Crippen molar-refractivity contribution in [2.24, 2.45) is 0 Å². The summed E-state index contributed by atoms with van der Waals surface area (Å²) < 4.78 is 11.0. The molecule has 0 aromatic rings. The van der Waals surface area contributed by atoms with Gasteiger partial charge in [0.1, 0.15) is 5.60 Å². The summed E-state index contributed by atoms with van der Waals surface area (Å²) in [4.78, 5) is 11.7. The number of amides is 1. The molecule has 5 nitrogen and oxygen atoms in total. The molecule has 17 heavy (non-hydrogen) atoms. The van der Waals surface area contributed by atoms with Gasteiger partial charge in [-0.15, -0.1) is 0 Å². The predicted octanol–water partition coefficient (Wildman–Crippen LogP) is 1.03. The second kappa shape index (κ2) is 4.46. The molecule has 5 heteroatoms. The van der Waals surface area contributed by atoms with Gasteiger partial charge in [0.05, 0.1) is 5.60 Å². The molecule has 2 saturated heterocycles. The Hall–Kier alpha value is -0.810. The summed E-state index contributed by atoms with van der Waals surface area (Å²) in [6, 6.07) is 0.167. The minimum absolute atomic E-state index is 0.0437. The molecule has 2 fully saturated rings. The molecule has 1 unspecified atom stereocenters. The smallest absolute Gasteiger partial charge is 0.407 e. The van der Waals surface area contributed by atoms with Gasteiger partial charge >= 0.3 is 6.09 Å². The summed E-state index contributed by atoms with van der Waals surface area (Å²) >= 11 is 0. The number of carbonyl (C=O) groups is 1. The molecule has 2 N–H and O–H groups in total. The van der Waals surface area contributed by atoms with E-state index < -0.39 is 5.60 Å². The summed E-state index contributed by atoms with van der Waals surface area (Å²) in [6.07, 6.45) is 1.41. The van der Waals surface area contributed by atoms with Crippen LogP contribution in [0.25, 0.3) is 0 Å². The molecule has 0 bridgehead atoms. The van der Waals surface area contributed by atoms with Crippen LogP contribution in [-0.4, -0.2) is 43.0 Å². The number of rotatable bonds is 1. The fourth-order valence-corrected chi connectivity index (χ4v) is 2.28. The molecule has 2 aliphatic heterocycles. The van der Waals surface area contributed by atoms with Crippen LogP contribution in [-0.2, 0) is 9.47 Å². The van der Waals surface area contributed by atoms with Crippen molar-refractivity contribution in [3.05, 3.63) is 0 Å². The molecule has 1 atom stereocenters. The Kier molecular flexibility index (Phi) is 3.32. The van der Waals surface area contributed by atoms with Crippen LogP contribution >= 0.6 is 0 Å². The van der Waals surface area contributed by atoms with Crippen molar-refractivity contribution in [1.29, 1.82) is 0 Å². The lowest BCUT2D eigenvalue weighted by Crippen LogP contribution is -2.65. The monoisotopic (exact) mass is 242 g/mol. The van der Waals surface area contributed by atoms with Crippen molar-refractivity contribution in [2.75, 3.05) is 19.7 Å². The molecule has 0 aromatic heterocycles. The first kappa shape index (κ1) is 12.6. The van der Waals surface area contributed by atoms with Crippen LogP contribution in [0.4, 0.5) is 4.79 Å². The van der Waals surface area contributed by atoms with E-state index in [2.05, 4.69) is 10.6 Å². The highest BCUT2D eigenvalue weighted by Crippen LogP contribution is 2.28. The summed E-state index contributed by atoms with van der Waals surface area (Å²) in [5.41, 5.74) is -0.483. The maximum atomic E-state index is 11.7. The molecule has 0 radical (unpaired) electrons. The maximum Gasteiger partial charge on any atom is 0.407 e. The number of hydrogen-bond acceptors (Lipinski definition) is 4. The largest absolute Gasteiger partial charge is 0.444 e. The Morgan fingerprint density at radius 1 is 1.47 bits per heavy atom. The van der Waals surface area contributed by atoms with E-state index in [1.165, 1.54) is 0 Å². The Morgan fingerprint density at radius 3 is 2.71 bits per heavy atom. The number of alkyl carbamates (subject to hydrolysis) is 1. The molecule has 1 spiro atoms. The Labute approximate surface area is 102 Å². The normalized spacial score (nSPS) is 27.4. The van der Waals surface area contributed by atoms with Crippen molar-refractivity contribution in [1.82, 2.24) is 10.6 Å². The minimum Gasteiger partial charge on any atom is -0.444 e. The Morgan fingerprint density at radius 2 is 2.18 bits per heavy atom. The first-order valence-electron chi connectivity index (χ1n) is 6.23. The molecule has 0 aliphatic carbocycles. The van der Waals surface area contributed by atoms with Gasteiger partial charge in [0.2, 0.25) is 0 Å². The lowest BCUT2D eigenvalue weighted by Gasteiger charge is -2.47. The van der Waals surface area contributed by atoms with Gasteiger partial charge in [-0.2, -0.15) is 0 Å². The molecule has 2 heterocycles. The van der Waals surface area contributed by atoms with Crippen molar-refractivity contribution in [3.8, 4) is 0 Å². The zero-order valence-electron chi connectivity index (χ0n) is 10.8. The van der Waals surface area contributed by atoms with Gasteiger partial charge in [0.25, 0.3) is 0 Å². The van der Waals surface area contributed by atoms with E-state index in [4.69, 9.17) is 9.47 Å². The standard InChI is InChI=1S/C12H22N2O3/c1-11(2,3)17-10(15)14-9-4-5-16-12(6-9)7-13-8-12/h9,13H,4-8H2,1-3H3,(H,14,15). The Balaban J connectivity index is 1.80. The van der Waals surface area contributed by atoms with E-state index in [1.807, 2.05) is 20.8 Å². The van der Waals surface area contributed by atoms with Crippen molar-refractivity contribution in [3.63, 3.8) is 0 Å². The fraction of sp³-hybridized carbons (Fsp3) is 0.917. The van der Waals surface area contributed by atoms with Gasteiger partial charge in [-0.05, 0) is 33.6 Å². The first-order valence-corrected chi connectivity index (χ1v) is 6.23. The van der Waals surface area contributed by atoms with Crippen molar-refractivity contribution < 1.29 is 14.3 Å². The van der Waals surface area contributed by atoms with Crippen LogP contribution in [0, 0.1) is 0 Å². The zero-order chi connectivity index (χ0) is 12.5. The average molecular weight is 242 g/mol. The van der Waals surface area contributed by atoms with Gasteiger partial charge in [0.15, 0.2) is 0 Å². The molecule has 2 aliphatic rings. The van der Waals surface area contributed by atoms with E-state index in [0.717, 1.165) is 25.9 Å². The van der Waals surface area contributed by atoms with E-state index in [-0.39, 0.29) is 17.7 Å². The summed E-state index contributed by atoms with van der Waals surface area (Å²) in [5, 5.41) is 6.14. The van der Waals surface area contributed by atoms with Crippen LogP contribution in [0.2, 0.25) is 0 Å². The van der Waals surface area contributed by atoms with Gasteiger partial charge in [-0.3, -0.25) is 0 Å². The topological polar surface area (TPSA) is 59.6 Å². The molecule has 98 valence electrons. The molecule has 1 amide bonds. The van der Waals surface area contributed by atoms with E-state index in [9.17, 15) is 4.79 Å². The maximum absolute atomic E-state index is 11.7. The molecule has 0 aromatic carbocycles. The number of nitrogens with one attached hydrogen (secondary N) is 2. The van der Waals surface area contributed by atoms with E-state index >= 15 is 0 Å². The van der Waals surface area contributed by atoms with Crippen LogP contribution in [0.5, 0.6) is 0 Å². The van der Waals surface area contributed by atoms with Crippen LogP contribution in [0.1, 0.15) is 33.6 Å². The highest BCUT2D eigenvalue weighted by atomic mass is 16.6. The van der Waals surface area contributed by atoms with E-state index in [1.54, 1.807) is 0 Å². The molecule has 2 rings (SSSR count). The van der Waals surface area contributed by atoms with Crippen LogP contribution in [0.15, 0.2) is 0 Å².